The van der Waals surface area contributed by atoms with Gasteiger partial charge in [-0.3, -0.25) is 0 Å². The van der Waals surface area contributed by atoms with Crippen molar-refractivity contribution >= 4 is 0 Å². The Balaban J connectivity index is 2.18. The van der Waals surface area contributed by atoms with Crippen molar-refractivity contribution < 1.29 is 9.47 Å². The average Bonchev–Trinajstić information content (AvgIpc) is 2.88. The third-order valence-electron chi connectivity index (χ3n) is 3.34. The normalized spacial score (nSPS) is 20.2. The van der Waals surface area contributed by atoms with E-state index in [0.717, 1.165) is 26.1 Å². The van der Waals surface area contributed by atoms with Gasteiger partial charge in [-0.05, 0) is 52.7 Å². The molecule has 18 heavy (non-hydrogen) atoms. The van der Waals surface area contributed by atoms with Crippen molar-refractivity contribution in [1.29, 1.82) is 0 Å². The van der Waals surface area contributed by atoms with Crippen molar-refractivity contribution in [3.05, 3.63) is 0 Å². The topological polar surface area (TPSA) is 33.7 Å². The zero-order valence-electron chi connectivity index (χ0n) is 12.3. The summed E-state index contributed by atoms with van der Waals surface area (Å²) in [6.45, 7) is 12.3. The molecule has 0 radical (unpaired) electrons. The molecule has 1 aliphatic rings. The highest BCUT2D eigenvalue weighted by Crippen LogP contribution is 2.08. The standard InChI is InChI=1S/C14H30N2O2/c1-4-8-15-13(3)14(17-5-2)18-12-11-16-9-6-7-10-16/h13-15H,4-12H2,1-3H3. The van der Waals surface area contributed by atoms with E-state index in [9.17, 15) is 0 Å². The molecule has 0 bridgehead atoms. The van der Waals surface area contributed by atoms with Gasteiger partial charge in [-0.1, -0.05) is 6.92 Å². The first-order valence-electron chi connectivity index (χ1n) is 7.46. The van der Waals surface area contributed by atoms with Crippen LogP contribution in [0, 0.1) is 0 Å². The van der Waals surface area contributed by atoms with Gasteiger partial charge in [0.05, 0.1) is 12.6 Å². The molecule has 2 unspecified atom stereocenters. The summed E-state index contributed by atoms with van der Waals surface area (Å²) in [7, 11) is 0. The van der Waals surface area contributed by atoms with Crippen LogP contribution >= 0.6 is 0 Å². The monoisotopic (exact) mass is 258 g/mol. The fraction of sp³-hybridized carbons (Fsp3) is 1.00. The van der Waals surface area contributed by atoms with Gasteiger partial charge in [0.25, 0.3) is 0 Å². The predicted octanol–water partition coefficient (Wildman–Crippen LogP) is 1.85. The molecule has 0 spiro atoms. The van der Waals surface area contributed by atoms with Crippen molar-refractivity contribution in [2.45, 2.75) is 52.4 Å². The molecule has 1 fully saturated rings. The van der Waals surface area contributed by atoms with Gasteiger partial charge in [-0.2, -0.15) is 0 Å². The Kier molecular flexibility index (Phi) is 8.59. The molecule has 2 atom stereocenters. The minimum Gasteiger partial charge on any atom is -0.351 e. The maximum atomic E-state index is 5.88. The Hall–Kier alpha value is -0.160. The number of nitrogens with zero attached hydrogens (tertiary/aromatic N) is 1. The molecule has 1 saturated heterocycles. The SMILES string of the molecule is CCCNC(C)C(OCC)OCCN1CCCC1. The van der Waals surface area contributed by atoms with Gasteiger partial charge in [0, 0.05) is 13.2 Å². The fourth-order valence-corrected chi connectivity index (χ4v) is 2.27. The lowest BCUT2D eigenvalue weighted by molar-refractivity contribution is -0.155. The van der Waals surface area contributed by atoms with Crippen molar-refractivity contribution in [2.24, 2.45) is 0 Å². The van der Waals surface area contributed by atoms with Crippen molar-refractivity contribution in [1.82, 2.24) is 10.2 Å². The lowest BCUT2D eigenvalue weighted by atomic mass is 10.3. The summed E-state index contributed by atoms with van der Waals surface area (Å²) in [4.78, 5) is 2.47. The molecule has 0 aromatic heterocycles. The molecule has 0 aromatic carbocycles. The van der Waals surface area contributed by atoms with Crippen LogP contribution in [-0.2, 0) is 9.47 Å². The Morgan fingerprint density at radius 2 is 1.89 bits per heavy atom. The van der Waals surface area contributed by atoms with Crippen LogP contribution in [0.4, 0.5) is 0 Å². The van der Waals surface area contributed by atoms with Gasteiger partial charge in [-0.15, -0.1) is 0 Å². The quantitative estimate of drug-likeness (QED) is 0.606. The van der Waals surface area contributed by atoms with E-state index in [-0.39, 0.29) is 12.3 Å². The Morgan fingerprint density at radius 3 is 2.50 bits per heavy atom. The Labute approximate surface area is 112 Å². The van der Waals surface area contributed by atoms with Crippen LogP contribution in [0.2, 0.25) is 0 Å². The van der Waals surface area contributed by atoms with Gasteiger partial charge >= 0.3 is 0 Å². The summed E-state index contributed by atoms with van der Waals surface area (Å²) in [5, 5.41) is 3.43. The van der Waals surface area contributed by atoms with E-state index in [1.807, 2.05) is 6.92 Å². The minimum absolute atomic E-state index is 0.121. The highest BCUT2D eigenvalue weighted by Gasteiger charge is 2.18. The number of likely N-dealkylation sites (tertiary alicyclic amines) is 1. The molecular formula is C14H30N2O2. The molecule has 1 rings (SSSR count). The van der Waals surface area contributed by atoms with E-state index < -0.39 is 0 Å². The van der Waals surface area contributed by atoms with Crippen LogP contribution in [-0.4, -0.2) is 56.6 Å². The summed E-state index contributed by atoms with van der Waals surface area (Å²) in [5.74, 6) is 0. The largest absolute Gasteiger partial charge is 0.351 e. The van der Waals surface area contributed by atoms with Crippen molar-refractivity contribution in [3.8, 4) is 0 Å². The van der Waals surface area contributed by atoms with E-state index >= 15 is 0 Å². The fourth-order valence-electron chi connectivity index (χ4n) is 2.27. The summed E-state index contributed by atoms with van der Waals surface area (Å²) in [6, 6.07) is 0.253. The first kappa shape index (κ1) is 15.9. The van der Waals surface area contributed by atoms with Gasteiger partial charge in [0.1, 0.15) is 0 Å². The smallest absolute Gasteiger partial charge is 0.172 e. The lowest BCUT2D eigenvalue weighted by Crippen LogP contribution is -2.42. The molecule has 1 heterocycles. The highest BCUT2D eigenvalue weighted by molar-refractivity contribution is 4.68. The zero-order valence-corrected chi connectivity index (χ0v) is 12.3. The number of rotatable bonds is 10. The van der Waals surface area contributed by atoms with Gasteiger partial charge in [0.2, 0.25) is 0 Å². The van der Waals surface area contributed by atoms with Crippen molar-refractivity contribution in [2.75, 3.05) is 39.4 Å². The maximum absolute atomic E-state index is 5.88. The second-order valence-electron chi connectivity index (χ2n) is 4.99. The first-order chi connectivity index (χ1) is 8.77. The summed E-state index contributed by atoms with van der Waals surface area (Å²) >= 11 is 0. The van der Waals surface area contributed by atoms with E-state index in [2.05, 4.69) is 24.1 Å². The third-order valence-corrected chi connectivity index (χ3v) is 3.34. The molecule has 0 saturated carbocycles. The van der Waals surface area contributed by atoms with E-state index in [1.54, 1.807) is 0 Å². The lowest BCUT2D eigenvalue weighted by Gasteiger charge is -2.26. The second kappa shape index (κ2) is 9.73. The van der Waals surface area contributed by atoms with Crippen LogP contribution in [0.3, 0.4) is 0 Å². The third kappa shape index (κ3) is 6.14. The van der Waals surface area contributed by atoms with Crippen LogP contribution in [0.5, 0.6) is 0 Å². The Bertz CT molecular complexity index is 196. The molecule has 4 heteroatoms. The molecule has 108 valence electrons. The summed E-state index contributed by atoms with van der Waals surface area (Å²) in [6.07, 6.45) is 3.69. The number of nitrogens with one attached hydrogen (secondary N) is 1. The van der Waals surface area contributed by atoms with E-state index in [4.69, 9.17) is 9.47 Å². The van der Waals surface area contributed by atoms with Gasteiger partial charge < -0.3 is 19.7 Å². The van der Waals surface area contributed by atoms with Crippen LogP contribution in [0.15, 0.2) is 0 Å². The zero-order chi connectivity index (χ0) is 13.2. The van der Waals surface area contributed by atoms with Gasteiger partial charge in [0.15, 0.2) is 6.29 Å². The number of ether oxygens (including phenoxy) is 2. The van der Waals surface area contributed by atoms with Crippen LogP contribution in [0.25, 0.3) is 0 Å². The Morgan fingerprint density at radius 1 is 1.17 bits per heavy atom. The number of hydrogen-bond donors (Lipinski definition) is 1. The predicted molar refractivity (Wildman–Crippen MR) is 74.8 cm³/mol. The second-order valence-corrected chi connectivity index (χ2v) is 4.99. The van der Waals surface area contributed by atoms with E-state index in [1.165, 1.54) is 25.9 Å². The van der Waals surface area contributed by atoms with Crippen LogP contribution < -0.4 is 5.32 Å². The average molecular weight is 258 g/mol. The van der Waals surface area contributed by atoms with Gasteiger partial charge in [-0.25, -0.2) is 0 Å². The highest BCUT2D eigenvalue weighted by atomic mass is 16.7. The molecule has 1 aliphatic heterocycles. The number of hydrogen-bond acceptors (Lipinski definition) is 4. The molecule has 0 aromatic rings. The molecule has 1 N–H and O–H groups in total. The first-order valence-corrected chi connectivity index (χ1v) is 7.46. The van der Waals surface area contributed by atoms with Crippen LogP contribution in [0.1, 0.15) is 40.0 Å². The molecule has 4 nitrogen and oxygen atoms in total. The molecule has 0 aliphatic carbocycles. The summed E-state index contributed by atoms with van der Waals surface area (Å²) in [5.41, 5.74) is 0. The molecule has 0 amide bonds. The molecular weight excluding hydrogens is 228 g/mol. The van der Waals surface area contributed by atoms with E-state index in [0.29, 0.717) is 6.61 Å². The minimum atomic E-state index is -0.121. The van der Waals surface area contributed by atoms with Crippen molar-refractivity contribution in [3.63, 3.8) is 0 Å². The summed E-state index contributed by atoms with van der Waals surface area (Å²) < 4.78 is 11.5. The maximum Gasteiger partial charge on any atom is 0.172 e.